The van der Waals surface area contributed by atoms with E-state index in [1.807, 2.05) is 12.1 Å². The maximum absolute atomic E-state index is 10.0. The summed E-state index contributed by atoms with van der Waals surface area (Å²) in [7, 11) is 0. The molecule has 1 fully saturated rings. The molecular formula is C13H21NO2. The van der Waals surface area contributed by atoms with Crippen molar-refractivity contribution in [1.29, 1.82) is 0 Å². The minimum Gasteiger partial charge on any atom is -0.467 e. The van der Waals surface area contributed by atoms with E-state index in [9.17, 15) is 5.11 Å². The Morgan fingerprint density at radius 1 is 1.56 bits per heavy atom. The average molecular weight is 223 g/mol. The summed E-state index contributed by atoms with van der Waals surface area (Å²) in [6, 6.07) is 4.31. The second-order valence-electron chi connectivity index (χ2n) is 4.58. The molecule has 0 amide bonds. The molecule has 0 bridgehead atoms. The average Bonchev–Trinajstić information content (AvgIpc) is 2.83. The van der Waals surface area contributed by atoms with Gasteiger partial charge < -0.3 is 9.52 Å². The Kier molecular flexibility index (Phi) is 4.02. The molecule has 0 saturated carbocycles. The Morgan fingerprint density at radius 2 is 2.44 bits per heavy atom. The molecular weight excluding hydrogens is 202 g/mol. The first-order chi connectivity index (χ1) is 7.81. The van der Waals surface area contributed by atoms with Crippen LogP contribution in [0.3, 0.4) is 0 Å². The summed E-state index contributed by atoms with van der Waals surface area (Å²) in [4.78, 5) is 2.40. The molecule has 0 aromatic carbocycles. The fraction of sp³-hybridized carbons (Fsp3) is 0.692. The second kappa shape index (κ2) is 5.51. The van der Waals surface area contributed by atoms with Crippen LogP contribution in [0.15, 0.2) is 22.8 Å². The number of aliphatic hydroxyl groups excluding tert-OH is 1. The van der Waals surface area contributed by atoms with Crippen molar-refractivity contribution in [2.75, 3.05) is 13.1 Å². The highest BCUT2D eigenvalue weighted by Crippen LogP contribution is 2.23. The van der Waals surface area contributed by atoms with Crippen LogP contribution in [0.5, 0.6) is 0 Å². The highest BCUT2D eigenvalue weighted by Gasteiger charge is 2.24. The Labute approximate surface area is 97.1 Å². The van der Waals surface area contributed by atoms with Crippen molar-refractivity contribution in [3.05, 3.63) is 24.2 Å². The Balaban J connectivity index is 1.92. The van der Waals surface area contributed by atoms with Gasteiger partial charge >= 0.3 is 0 Å². The standard InChI is InChI=1S/C13H21NO2/c1-2-11-6-3-4-8-14(11)10-12(15)13-7-5-9-16-13/h5,7,9,11-12,15H,2-4,6,8,10H2,1H3. The monoisotopic (exact) mass is 223 g/mol. The van der Waals surface area contributed by atoms with Crippen LogP contribution in [-0.4, -0.2) is 29.1 Å². The summed E-state index contributed by atoms with van der Waals surface area (Å²) >= 11 is 0. The lowest BCUT2D eigenvalue weighted by Crippen LogP contribution is -2.41. The molecule has 1 aromatic rings. The summed E-state index contributed by atoms with van der Waals surface area (Å²) in [6.07, 6.45) is 6.15. The van der Waals surface area contributed by atoms with Crippen molar-refractivity contribution < 1.29 is 9.52 Å². The van der Waals surface area contributed by atoms with Gasteiger partial charge in [0.2, 0.25) is 0 Å². The molecule has 2 heterocycles. The first-order valence-corrected chi connectivity index (χ1v) is 6.26. The minimum atomic E-state index is -0.484. The summed E-state index contributed by atoms with van der Waals surface area (Å²) in [5.41, 5.74) is 0. The molecule has 1 N–H and O–H groups in total. The van der Waals surface area contributed by atoms with E-state index >= 15 is 0 Å². The van der Waals surface area contributed by atoms with Gasteiger partial charge in [-0.3, -0.25) is 4.90 Å². The maximum atomic E-state index is 10.0. The zero-order valence-electron chi connectivity index (χ0n) is 9.93. The van der Waals surface area contributed by atoms with Crippen molar-refractivity contribution in [3.8, 4) is 0 Å². The normalized spacial score (nSPS) is 24.5. The first-order valence-electron chi connectivity index (χ1n) is 6.26. The number of β-amino-alcohol motifs (C(OH)–C–C–N with tert-alkyl or cyclic N) is 1. The Hall–Kier alpha value is -0.800. The van der Waals surface area contributed by atoms with Crippen molar-refractivity contribution in [2.45, 2.75) is 44.8 Å². The fourth-order valence-electron chi connectivity index (χ4n) is 2.56. The zero-order chi connectivity index (χ0) is 11.4. The lowest BCUT2D eigenvalue weighted by molar-refractivity contribution is 0.0543. The lowest BCUT2D eigenvalue weighted by atomic mass is 9.99. The number of hydrogen-bond donors (Lipinski definition) is 1. The van der Waals surface area contributed by atoms with E-state index in [0.717, 1.165) is 6.54 Å². The van der Waals surface area contributed by atoms with E-state index in [2.05, 4.69) is 11.8 Å². The maximum Gasteiger partial charge on any atom is 0.133 e. The summed E-state index contributed by atoms with van der Waals surface area (Å²) < 4.78 is 5.23. The van der Waals surface area contributed by atoms with Crippen LogP contribution < -0.4 is 0 Å². The SMILES string of the molecule is CCC1CCCCN1CC(O)c1ccco1. The highest BCUT2D eigenvalue weighted by molar-refractivity contribution is 5.02. The van der Waals surface area contributed by atoms with Gasteiger partial charge in [-0.15, -0.1) is 0 Å². The second-order valence-corrected chi connectivity index (χ2v) is 4.58. The third kappa shape index (κ3) is 2.66. The summed E-state index contributed by atoms with van der Waals surface area (Å²) in [5, 5.41) is 10.0. The van der Waals surface area contributed by atoms with E-state index in [4.69, 9.17) is 4.42 Å². The van der Waals surface area contributed by atoms with Crippen molar-refractivity contribution in [1.82, 2.24) is 4.90 Å². The van der Waals surface area contributed by atoms with Gasteiger partial charge in [0.15, 0.2) is 0 Å². The molecule has 0 radical (unpaired) electrons. The number of piperidine rings is 1. The predicted octanol–water partition coefficient (Wildman–Crippen LogP) is 2.58. The quantitative estimate of drug-likeness (QED) is 0.852. The molecule has 16 heavy (non-hydrogen) atoms. The van der Waals surface area contributed by atoms with E-state index in [1.165, 1.54) is 25.7 Å². The van der Waals surface area contributed by atoms with E-state index < -0.39 is 6.10 Å². The molecule has 0 aliphatic carbocycles. The first kappa shape index (κ1) is 11.7. The number of aliphatic hydroxyl groups is 1. The number of likely N-dealkylation sites (tertiary alicyclic amines) is 1. The van der Waals surface area contributed by atoms with Crippen LogP contribution in [0.1, 0.15) is 44.5 Å². The van der Waals surface area contributed by atoms with E-state index in [0.29, 0.717) is 18.3 Å². The molecule has 1 aliphatic rings. The zero-order valence-corrected chi connectivity index (χ0v) is 9.93. The molecule has 1 aromatic heterocycles. The van der Waals surface area contributed by atoms with Gasteiger partial charge in [0.1, 0.15) is 11.9 Å². The van der Waals surface area contributed by atoms with Gasteiger partial charge in [0.25, 0.3) is 0 Å². The molecule has 1 saturated heterocycles. The van der Waals surface area contributed by atoms with Gasteiger partial charge in [-0.1, -0.05) is 13.3 Å². The molecule has 2 rings (SSSR count). The van der Waals surface area contributed by atoms with Crippen LogP contribution in [0.2, 0.25) is 0 Å². The van der Waals surface area contributed by atoms with Crippen LogP contribution in [-0.2, 0) is 0 Å². The van der Waals surface area contributed by atoms with Gasteiger partial charge in [-0.05, 0) is 37.9 Å². The molecule has 3 heteroatoms. The van der Waals surface area contributed by atoms with E-state index in [-0.39, 0.29) is 0 Å². The smallest absolute Gasteiger partial charge is 0.133 e. The Morgan fingerprint density at radius 3 is 3.12 bits per heavy atom. The van der Waals surface area contributed by atoms with Crippen LogP contribution in [0, 0.1) is 0 Å². The van der Waals surface area contributed by atoms with E-state index in [1.54, 1.807) is 6.26 Å². The van der Waals surface area contributed by atoms with Gasteiger partial charge in [0, 0.05) is 12.6 Å². The van der Waals surface area contributed by atoms with Crippen molar-refractivity contribution in [3.63, 3.8) is 0 Å². The molecule has 2 atom stereocenters. The molecule has 0 spiro atoms. The van der Waals surface area contributed by atoms with Crippen LogP contribution >= 0.6 is 0 Å². The molecule has 3 nitrogen and oxygen atoms in total. The number of hydrogen-bond acceptors (Lipinski definition) is 3. The van der Waals surface area contributed by atoms with Gasteiger partial charge in [-0.2, -0.15) is 0 Å². The van der Waals surface area contributed by atoms with Crippen LogP contribution in [0.25, 0.3) is 0 Å². The molecule has 2 unspecified atom stereocenters. The van der Waals surface area contributed by atoms with Gasteiger partial charge in [-0.25, -0.2) is 0 Å². The lowest BCUT2D eigenvalue weighted by Gasteiger charge is -2.36. The third-order valence-corrected chi connectivity index (χ3v) is 3.50. The van der Waals surface area contributed by atoms with Crippen LogP contribution in [0.4, 0.5) is 0 Å². The number of nitrogens with zero attached hydrogens (tertiary/aromatic N) is 1. The summed E-state index contributed by atoms with van der Waals surface area (Å²) in [5.74, 6) is 0.681. The molecule has 1 aliphatic heterocycles. The topological polar surface area (TPSA) is 36.6 Å². The number of rotatable bonds is 4. The highest BCUT2D eigenvalue weighted by atomic mass is 16.4. The third-order valence-electron chi connectivity index (χ3n) is 3.50. The minimum absolute atomic E-state index is 0.484. The predicted molar refractivity (Wildman–Crippen MR) is 63.2 cm³/mol. The fourth-order valence-corrected chi connectivity index (χ4v) is 2.56. The largest absolute Gasteiger partial charge is 0.467 e. The van der Waals surface area contributed by atoms with Crippen molar-refractivity contribution in [2.24, 2.45) is 0 Å². The van der Waals surface area contributed by atoms with Crippen molar-refractivity contribution >= 4 is 0 Å². The Bertz CT molecular complexity index is 297. The van der Waals surface area contributed by atoms with Gasteiger partial charge in [0.05, 0.1) is 6.26 Å². The number of furan rings is 1. The summed E-state index contributed by atoms with van der Waals surface area (Å²) in [6.45, 7) is 4.03. The molecule has 90 valence electrons.